The Balaban J connectivity index is 1.70. The highest BCUT2D eigenvalue weighted by molar-refractivity contribution is 6.03. The average molecular weight is 385 g/mol. The maximum absolute atomic E-state index is 13.1. The fourth-order valence-electron chi connectivity index (χ4n) is 4.19. The van der Waals surface area contributed by atoms with E-state index in [1.54, 1.807) is 13.8 Å². The second kappa shape index (κ2) is 8.19. The minimum absolute atomic E-state index is 0.0510. The molecule has 150 valence electrons. The van der Waals surface area contributed by atoms with E-state index in [1.165, 1.54) is 23.3 Å². The molecule has 0 spiro atoms. The largest absolute Gasteiger partial charge is 0.465 e. The van der Waals surface area contributed by atoms with Crippen LogP contribution in [0.1, 0.15) is 44.6 Å². The number of aromatic amines is 1. The van der Waals surface area contributed by atoms with Crippen molar-refractivity contribution in [2.24, 2.45) is 0 Å². The number of methoxy groups -OCH3 is 1. The number of quaternary nitrogens is 1. The first-order valence-electron chi connectivity index (χ1n) is 9.82. The van der Waals surface area contributed by atoms with E-state index in [4.69, 9.17) is 4.74 Å². The number of hydrogen-bond acceptors (Lipinski definition) is 4. The van der Waals surface area contributed by atoms with Gasteiger partial charge in [-0.05, 0) is 44.9 Å². The highest BCUT2D eigenvalue weighted by Crippen LogP contribution is 2.21. The molecule has 0 radical (unpaired) electrons. The molecule has 0 saturated carbocycles. The summed E-state index contributed by atoms with van der Waals surface area (Å²) in [5, 5.41) is 0. The Labute approximate surface area is 166 Å². The fraction of sp³-hybridized carbons (Fsp3) is 0.455. The number of nitrogens with zero attached hydrogens (tertiary/aromatic N) is 1. The van der Waals surface area contributed by atoms with Gasteiger partial charge in [0, 0.05) is 11.4 Å². The Kier molecular flexibility index (Phi) is 5.89. The molecule has 2 N–H and O–H groups in total. The van der Waals surface area contributed by atoms with Gasteiger partial charge in [0.25, 0.3) is 0 Å². The number of piperazine rings is 1. The van der Waals surface area contributed by atoms with Crippen molar-refractivity contribution in [2.75, 3.05) is 38.2 Å². The molecule has 2 heterocycles. The predicted molar refractivity (Wildman–Crippen MR) is 109 cm³/mol. The zero-order chi connectivity index (χ0) is 20.4. The quantitative estimate of drug-likeness (QED) is 0.608. The lowest BCUT2D eigenvalue weighted by atomic mass is 10.0. The smallest absolute Gasteiger partial charge is 0.339 e. The summed E-state index contributed by atoms with van der Waals surface area (Å²) in [5.41, 5.74) is 4.91. The molecule has 1 aliphatic heterocycles. The molecule has 28 heavy (non-hydrogen) atoms. The standard InChI is InChI=1S/C22H29N3O3/c1-14-8-6-7-9-18(14)25-12-10-24(11-13-25)17(4)21(26)20-15(2)19(16(3)23-20)22(27)28-5/h6-9,17,23H,10-13H2,1-5H3/p+1/t17-/m1/s1. The number of ketones is 1. The van der Waals surface area contributed by atoms with Crippen molar-refractivity contribution in [1.29, 1.82) is 0 Å². The predicted octanol–water partition coefficient (Wildman–Crippen LogP) is 1.70. The van der Waals surface area contributed by atoms with E-state index in [0.717, 1.165) is 26.2 Å². The third-order valence-electron chi connectivity index (χ3n) is 5.94. The van der Waals surface area contributed by atoms with Gasteiger partial charge in [-0.15, -0.1) is 0 Å². The number of hydrogen-bond donors (Lipinski definition) is 2. The second-order valence-corrected chi connectivity index (χ2v) is 7.63. The lowest BCUT2D eigenvalue weighted by molar-refractivity contribution is -0.914. The van der Waals surface area contributed by atoms with Crippen LogP contribution in [0.15, 0.2) is 24.3 Å². The summed E-state index contributed by atoms with van der Waals surface area (Å²) >= 11 is 0. The van der Waals surface area contributed by atoms with Crippen LogP contribution >= 0.6 is 0 Å². The molecule has 1 saturated heterocycles. The summed E-state index contributed by atoms with van der Waals surface area (Å²) in [6.07, 6.45) is 0. The third-order valence-corrected chi connectivity index (χ3v) is 5.94. The molecular weight excluding hydrogens is 354 g/mol. The summed E-state index contributed by atoms with van der Waals surface area (Å²) in [4.78, 5) is 31.9. The summed E-state index contributed by atoms with van der Waals surface area (Å²) in [6, 6.07) is 8.26. The van der Waals surface area contributed by atoms with Crippen molar-refractivity contribution in [2.45, 2.75) is 33.7 Å². The van der Waals surface area contributed by atoms with Crippen LogP contribution in [0.3, 0.4) is 0 Å². The Bertz CT molecular complexity index is 879. The topological polar surface area (TPSA) is 66.8 Å². The number of para-hydroxylation sites is 1. The molecule has 6 nitrogen and oxygen atoms in total. The number of esters is 1. The molecule has 1 fully saturated rings. The monoisotopic (exact) mass is 384 g/mol. The normalized spacial score (nSPS) is 16.1. The van der Waals surface area contributed by atoms with Gasteiger partial charge in [0.2, 0.25) is 5.78 Å². The van der Waals surface area contributed by atoms with E-state index in [1.807, 2.05) is 6.92 Å². The van der Waals surface area contributed by atoms with Gasteiger partial charge in [0.1, 0.15) is 0 Å². The Hall–Kier alpha value is -2.60. The highest BCUT2D eigenvalue weighted by Gasteiger charge is 2.33. The molecule has 2 aromatic rings. The third kappa shape index (κ3) is 3.69. The molecule has 1 atom stereocenters. The molecule has 0 aliphatic carbocycles. The minimum Gasteiger partial charge on any atom is -0.465 e. The van der Waals surface area contributed by atoms with Gasteiger partial charge >= 0.3 is 5.97 Å². The first-order chi connectivity index (χ1) is 13.3. The van der Waals surface area contributed by atoms with Crippen LogP contribution in [0.5, 0.6) is 0 Å². The van der Waals surface area contributed by atoms with Crippen molar-refractivity contribution in [3.8, 4) is 0 Å². The number of aryl methyl sites for hydroxylation is 2. The molecular formula is C22H30N3O3+. The Morgan fingerprint density at radius 2 is 1.79 bits per heavy atom. The van der Waals surface area contributed by atoms with Gasteiger partial charge in [-0.25, -0.2) is 4.79 Å². The number of anilines is 1. The molecule has 1 aromatic heterocycles. The number of carbonyl (C=O) groups excluding carboxylic acids is 2. The van der Waals surface area contributed by atoms with Crippen LogP contribution in [0.25, 0.3) is 0 Å². The van der Waals surface area contributed by atoms with E-state index in [0.29, 0.717) is 22.5 Å². The number of Topliss-reactive ketones (excluding diaryl/α,β-unsaturated/α-hetero) is 1. The van der Waals surface area contributed by atoms with Crippen LogP contribution in [0.4, 0.5) is 5.69 Å². The summed E-state index contributed by atoms with van der Waals surface area (Å²) in [5.74, 6) is -0.354. The number of H-pyrrole nitrogens is 1. The highest BCUT2D eigenvalue weighted by atomic mass is 16.5. The molecule has 1 aliphatic rings. The van der Waals surface area contributed by atoms with Crippen molar-refractivity contribution in [3.63, 3.8) is 0 Å². The fourth-order valence-corrected chi connectivity index (χ4v) is 4.19. The van der Waals surface area contributed by atoms with Crippen molar-refractivity contribution >= 4 is 17.4 Å². The second-order valence-electron chi connectivity index (χ2n) is 7.63. The summed E-state index contributed by atoms with van der Waals surface area (Å²) in [7, 11) is 1.36. The number of rotatable bonds is 5. The van der Waals surface area contributed by atoms with Crippen LogP contribution in [-0.2, 0) is 4.74 Å². The summed E-state index contributed by atoms with van der Waals surface area (Å²) < 4.78 is 4.85. The van der Waals surface area contributed by atoms with Gasteiger partial charge in [0.05, 0.1) is 44.5 Å². The number of aromatic nitrogens is 1. The number of carbonyl (C=O) groups is 2. The molecule has 0 bridgehead atoms. The molecule has 1 aromatic carbocycles. The van der Waals surface area contributed by atoms with E-state index in [-0.39, 0.29) is 11.8 Å². The van der Waals surface area contributed by atoms with Gasteiger partial charge in [-0.3, -0.25) is 4.79 Å². The van der Waals surface area contributed by atoms with Gasteiger partial charge in [-0.2, -0.15) is 0 Å². The van der Waals surface area contributed by atoms with Crippen LogP contribution in [-0.4, -0.2) is 56.1 Å². The Morgan fingerprint density at radius 3 is 2.39 bits per heavy atom. The van der Waals surface area contributed by atoms with Crippen molar-refractivity contribution in [1.82, 2.24) is 4.98 Å². The zero-order valence-electron chi connectivity index (χ0n) is 17.4. The van der Waals surface area contributed by atoms with Crippen molar-refractivity contribution in [3.05, 3.63) is 52.3 Å². The Morgan fingerprint density at radius 1 is 1.14 bits per heavy atom. The lowest BCUT2D eigenvalue weighted by Crippen LogP contribution is -3.18. The van der Waals surface area contributed by atoms with Gasteiger partial charge in [0.15, 0.2) is 6.04 Å². The summed E-state index contributed by atoms with van der Waals surface area (Å²) in [6.45, 7) is 11.4. The van der Waals surface area contributed by atoms with Gasteiger partial charge in [-0.1, -0.05) is 18.2 Å². The lowest BCUT2D eigenvalue weighted by Gasteiger charge is -2.36. The maximum atomic E-state index is 13.1. The average Bonchev–Trinajstić information content (AvgIpc) is 3.01. The van der Waals surface area contributed by atoms with E-state index < -0.39 is 5.97 Å². The molecule has 0 amide bonds. The van der Waals surface area contributed by atoms with Gasteiger partial charge < -0.3 is 19.5 Å². The molecule has 3 rings (SSSR count). The minimum atomic E-state index is -0.405. The van der Waals surface area contributed by atoms with Crippen LogP contribution in [0.2, 0.25) is 0 Å². The SMILES string of the molecule is COC(=O)c1c(C)[nH]c(C(=O)[C@@H](C)[NH+]2CCN(c3ccccc3C)CC2)c1C. The first kappa shape index (κ1) is 20.1. The van der Waals surface area contributed by atoms with E-state index in [9.17, 15) is 9.59 Å². The van der Waals surface area contributed by atoms with E-state index >= 15 is 0 Å². The van der Waals surface area contributed by atoms with Crippen molar-refractivity contribution < 1.29 is 19.2 Å². The molecule has 6 heteroatoms. The van der Waals surface area contributed by atoms with Crippen LogP contribution < -0.4 is 9.80 Å². The maximum Gasteiger partial charge on any atom is 0.339 e. The first-order valence-corrected chi connectivity index (χ1v) is 9.82. The zero-order valence-corrected chi connectivity index (χ0v) is 17.4. The number of benzene rings is 1. The number of nitrogens with one attached hydrogen (secondary N) is 2. The molecule has 0 unspecified atom stereocenters. The van der Waals surface area contributed by atoms with E-state index in [2.05, 4.69) is 41.1 Å². The number of ether oxygens (including phenoxy) is 1. The van der Waals surface area contributed by atoms with Crippen LogP contribution in [0, 0.1) is 20.8 Å².